The van der Waals surface area contributed by atoms with Gasteiger partial charge in [0.25, 0.3) is 0 Å². The second kappa shape index (κ2) is 7.31. The van der Waals surface area contributed by atoms with E-state index < -0.39 is 0 Å². The summed E-state index contributed by atoms with van der Waals surface area (Å²) in [5, 5.41) is 3.92. The van der Waals surface area contributed by atoms with E-state index in [1.54, 1.807) is 11.8 Å². The first-order chi connectivity index (χ1) is 10.3. The second-order valence-electron chi connectivity index (χ2n) is 5.17. The van der Waals surface area contributed by atoms with E-state index in [4.69, 9.17) is 0 Å². The van der Waals surface area contributed by atoms with Crippen LogP contribution in [0.4, 0.5) is 0 Å². The van der Waals surface area contributed by atoms with Crippen molar-refractivity contribution in [1.29, 1.82) is 0 Å². The van der Waals surface area contributed by atoms with Gasteiger partial charge in [-0.3, -0.25) is 10.1 Å². The number of benzene rings is 1. The molecule has 2 aliphatic rings. The first-order valence-electron chi connectivity index (χ1n) is 7.14. The van der Waals surface area contributed by atoms with Crippen molar-refractivity contribution in [2.24, 2.45) is 0 Å². The average molecular weight is 341 g/mol. The van der Waals surface area contributed by atoms with Gasteiger partial charge in [0.15, 0.2) is 0 Å². The Labute approximate surface area is 139 Å². The molecule has 0 saturated carbocycles. The maximum Gasteiger partial charge on any atom is 0.238 e. The van der Waals surface area contributed by atoms with Gasteiger partial charge in [0.1, 0.15) is 6.17 Å². The number of nitrogens with one attached hydrogen (secondary N) is 1. The first kappa shape index (κ1) is 15.6. The standard InChI is InChI=1S/C15H20N2OS3/c1-19-12-4-2-11(3-5-12)15-16-8-14(18)17(15)9-13-10-20-6-7-21-13/h2-5,13,15-16H,6-10H2,1H3. The molecule has 0 aromatic heterocycles. The van der Waals surface area contributed by atoms with E-state index in [-0.39, 0.29) is 12.1 Å². The van der Waals surface area contributed by atoms with E-state index in [1.165, 1.54) is 22.0 Å². The number of thioether (sulfide) groups is 3. The molecule has 1 aromatic rings. The van der Waals surface area contributed by atoms with Gasteiger partial charge in [-0.2, -0.15) is 23.5 Å². The van der Waals surface area contributed by atoms with Gasteiger partial charge >= 0.3 is 0 Å². The van der Waals surface area contributed by atoms with Crippen molar-refractivity contribution in [3.05, 3.63) is 29.8 Å². The Morgan fingerprint density at radius 2 is 2.14 bits per heavy atom. The molecule has 2 heterocycles. The highest BCUT2D eigenvalue weighted by molar-refractivity contribution is 8.06. The van der Waals surface area contributed by atoms with Crippen LogP contribution in [0, 0.1) is 0 Å². The zero-order valence-corrected chi connectivity index (χ0v) is 14.5. The van der Waals surface area contributed by atoms with Gasteiger partial charge in [0.05, 0.1) is 6.54 Å². The average Bonchev–Trinajstić information content (AvgIpc) is 2.90. The van der Waals surface area contributed by atoms with E-state index in [2.05, 4.69) is 35.8 Å². The minimum Gasteiger partial charge on any atom is -0.321 e. The summed E-state index contributed by atoms with van der Waals surface area (Å²) in [6.45, 7) is 1.32. The summed E-state index contributed by atoms with van der Waals surface area (Å²) < 4.78 is 0. The SMILES string of the molecule is CSc1ccc(C2NCC(=O)N2CC2CSCCS2)cc1. The van der Waals surface area contributed by atoms with Crippen molar-refractivity contribution in [1.82, 2.24) is 10.2 Å². The Bertz CT molecular complexity index is 488. The number of rotatable bonds is 4. The van der Waals surface area contributed by atoms with Crippen LogP contribution in [0.2, 0.25) is 0 Å². The Kier molecular flexibility index (Phi) is 5.43. The molecule has 3 nitrogen and oxygen atoms in total. The van der Waals surface area contributed by atoms with E-state index in [0.29, 0.717) is 11.8 Å². The molecule has 3 rings (SSSR count). The number of hydrogen-bond donors (Lipinski definition) is 1. The third kappa shape index (κ3) is 3.73. The van der Waals surface area contributed by atoms with Crippen molar-refractivity contribution in [3.63, 3.8) is 0 Å². The maximum absolute atomic E-state index is 12.2. The first-order valence-corrected chi connectivity index (χ1v) is 10.6. The normalized spacial score (nSPS) is 26.3. The highest BCUT2D eigenvalue weighted by Crippen LogP contribution is 2.29. The van der Waals surface area contributed by atoms with Gasteiger partial charge in [-0.05, 0) is 24.0 Å². The lowest BCUT2D eigenvalue weighted by molar-refractivity contribution is -0.128. The largest absolute Gasteiger partial charge is 0.321 e. The molecular weight excluding hydrogens is 320 g/mol. The topological polar surface area (TPSA) is 32.3 Å². The number of carbonyl (C=O) groups excluding carboxylic acids is 1. The molecule has 0 bridgehead atoms. The summed E-state index contributed by atoms with van der Waals surface area (Å²) in [5.74, 6) is 3.84. The smallest absolute Gasteiger partial charge is 0.238 e. The van der Waals surface area contributed by atoms with E-state index >= 15 is 0 Å². The molecule has 2 aliphatic heterocycles. The molecule has 2 atom stereocenters. The summed E-state index contributed by atoms with van der Waals surface area (Å²) in [5.41, 5.74) is 1.19. The minimum absolute atomic E-state index is 0.0425. The molecule has 21 heavy (non-hydrogen) atoms. The molecule has 2 unspecified atom stereocenters. The van der Waals surface area contributed by atoms with Crippen molar-refractivity contribution in [3.8, 4) is 0 Å². The van der Waals surface area contributed by atoms with Gasteiger partial charge in [-0.25, -0.2) is 0 Å². The monoisotopic (exact) mass is 340 g/mol. The maximum atomic E-state index is 12.2. The van der Waals surface area contributed by atoms with Crippen LogP contribution in [0.25, 0.3) is 0 Å². The molecule has 2 saturated heterocycles. The van der Waals surface area contributed by atoms with Gasteiger partial charge in [0, 0.05) is 33.9 Å². The minimum atomic E-state index is 0.0425. The fourth-order valence-electron chi connectivity index (χ4n) is 2.69. The van der Waals surface area contributed by atoms with Gasteiger partial charge in [-0.1, -0.05) is 12.1 Å². The van der Waals surface area contributed by atoms with Crippen LogP contribution < -0.4 is 5.32 Å². The van der Waals surface area contributed by atoms with Crippen LogP contribution in [0.5, 0.6) is 0 Å². The van der Waals surface area contributed by atoms with E-state index in [9.17, 15) is 4.79 Å². The van der Waals surface area contributed by atoms with Crippen LogP contribution in [0.3, 0.4) is 0 Å². The van der Waals surface area contributed by atoms with Crippen LogP contribution in [-0.2, 0) is 4.79 Å². The third-order valence-corrected chi connectivity index (χ3v) is 7.37. The number of hydrogen-bond acceptors (Lipinski definition) is 5. The molecule has 0 radical (unpaired) electrons. The van der Waals surface area contributed by atoms with Crippen molar-refractivity contribution < 1.29 is 4.79 Å². The second-order valence-corrected chi connectivity index (χ2v) is 8.61. The molecule has 0 aliphatic carbocycles. The van der Waals surface area contributed by atoms with Crippen molar-refractivity contribution in [2.75, 3.05) is 36.6 Å². The predicted molar refractivity (Wildman–Crippen MR) is 94.3 cm³/mol. The Balaban J connectivity index is 1.71. The Morgan fingerprint density at radius 1 is 1.33 bits per heavy atom. The van der Waals surface area contributed by atoms with Gasteiger partial charge < -0.3 is 4.90 Å². The van der Waals surface area contributed by atoms with Crippen molar-refractivity contribution in [2.45, 2.75) is 16.3 Å². The molecule has 1 amide bonds. The van der Waals surface area contributed by atoms with Crippen LogP contribution in [0.1, 0.15) is 11.7 Å². The van der Waals surface area contributed by atoms with Crippen LogP contribution >= 0.6 is 35.3 Å². The fourth-order valence-corrected chi connectivity index (χ4v) is 5.76. The lowest BCUT2D eigenvalue weighted by atomic mass is 10.1. The highest BCUT2D eigenvalue weighted by atomic mass is 32.2. The fraction of sp³-hybridized carbons (Fsp3) is 0.533. The quantitative estimate of drug-likeness (QED) is 0.852. The summed E-state index contributed by atoms with van der Waals surface area (Å²) in [4.78, 5) is 15.5. The molecule has 1 aromatic carbocycles. The van der Waals surface area contributed by atoms with Gasteiger partial charge in [0.2, 0.25) is 5.91 Å². The van der Waals surface area contributed by atoms with Crippen LogP contribution in [-0.4, -0.2) is 52.7 Å². The lowest BCUT2D eigenvalue weighted by Gasteiger charge is -2.30. The highest BCUT2D eigenvalue weighted by Gasteiger charge is 2.33. The zero-order valence-electron chi connectivity index (χ0n) is 12.1. The summed E-state index contributed by atoms with van der Waals surface area (Å²) in [6.07, 6.45) is 2.12. The molecule has 0 spiro atoms. The number of amides is 1. The van der Waals surface area contributed by atoms with E-state index in [1.807, 2.05) is 28.4 Å². The number of nitrogens with zero attached hydrogens (tertiary/aromatic N) is 1. The summed E-state index contributed by atoms with van der Waals surface area (Å²) >= 11 is 5.76. The Morgan fingerprint density at radius 3 is 2.81 bits per heavy atom. The molecule has 1 N–H and O–H groups in total. The molecule has 6 heteroatoms. The summed E-state index contributed by atoms with van der Waals surface area (Å²) in [6, 6.07) is 8.54. The van der Waals surface area contributed by atoms with Crippen LogP contribution in [0.15, 0.2) is 29.2 Å². The molecular formula is C15H20N2OS3. The van der Waals surface area contributed by atoms with Gasteiger partial charge in [-0.15, -0.1) is 11.8 Å². The Hall–Kier alpha value is -0.300. The zero-order chi connectivity index (χ0) is 14.7. The molecule has 2 fully saturated rings. The third-order valence-electron chi connectivity index (χ3n) is 3.80. The summed E-state index contributed by atoms with van der Waals surface area (Å²) in [7, 11) is 0. The molecule has 114 valence electrons. The predicted octanol–water partition coefficient (Wildman–Crippen LogP) is 2.69. The number of carbonyl (C=O) groups is 1. The van der Waals surface area contributed by atoms with Crippen molar-refractivity contribution >= 4 is 41.2 Å². The van der Waals surface area contributed by atoms with E-state index in [0.717, 1.165) is 12.3 Å². The lowest BCUT2D eigenvalue weighted by Crippen LogP contribution is -2.37.